The lowest BCUT2D eigenvalue weighted by atomic mass is 10.1. The van der Waals surface area contributed by atoms with Gasteiger partial charge in [-0.1, -0.05) is 12.1 Å². The second kappa shape index (κ2) is 12.0. The molecule has 3 atom stereocenters. The van der Waals surface area contributed by atoms with Gasteiger partial charge in [-0.15, -0.1) is 0 Å². The molecule has 2 aromatic carbocycles. The van der Waals surface area contributed by atoms with Gasteiger partial charge >= 0.3 is 0 Å². The van der Waals surface area contributed by atoms with Crippen LogP contribution in [0.15, 0.2) is 48.5 Å². The first kappa shape index (κ1) is 27.0. The lowest BCUT2D eigenvalue weighted by molar-refractivity contribution is -0.136. The summed E-state index contributed by atoms with van der Waals surface area (Å²) >= 11 is 0. The van der Waals surface area contributed by atoms with E-state index in [9.17, 15) is 22.4 Å². The molecule has 1 saturated carbocycles. The van der Waals surface area contributed by atoms with Crippen molar-refractivity contribution >= 4 is 21.7 Å². The topological polar surface area (TPSA) is 114 Å². The summed E-state index contributed by atoms with van der Waals surface area (Å²) in [4.78, 5) is 27.4. The van der Waals surface area contributed by atoms with E-state index in [1.54, 1.807) is 7.11 Å². The number of nitrogens with one attached hydrogen (secondary N) is 2. The number of carbonyl (C=O) groups is 2. The average molecular weight is 534 g/mol. The molecule has 2 amide bonds. The largest absolute Gasteiger partial charge is 0.497 e. The van der Waals surface area contributed by atoms with Gasteiger partial charge in [-0.3, -0.25) is 9.59 Å². The molecule has 2 aliphatic rings. The molecule has 2 fully saturated rings. The number of methoxy groups -OCH3 is 1. The number of carbonyl (C=O) groups excluding carboxylic acids is 2. The molecule has 11 heteroatoms. The van der Waals surface area contributed by atoms with Crippen molar-refractivity contribution in [3.63, 3.8) is 0 Å². The van der Waals surface area contributed by atoms with Gasteiger partial charge in [-0.2, -0.15) is 0 Å². The summed E-state index contributed by atoms with van der Waals surface area (Å²) in [6.45, 7) is 1.56. The summed E-state index contributed by atoms with van der Waals surface area (Å²) in [6, 6.07) is 11.6. The van der Waals surface area contributed by atoms with Crippen LogP contribution in [0.3, 0.4) is 0 Å². The molecule has 4 rings (SSSR count). The van der Waals surface area contributed by atoms with Crippen molar-refractivity contribution in [1.82, 2.24) is 15.5 Å². The second-order valence-electron chi connectivity index (χ2n) is 9.26. The molecule has 0 bridgehead atoms. The predicted octanol–water partition coefficient (Wildman–Crippen LogP) is 1.35. The second-order valence-corrected chi connectivity index (χ2v) is 11.5. The zero-order valence-corrected chi connectivity index (χ0v) is 21.5. The van der Waals surface area contributed by atoms with Crippen LogP contribution in [0.25, 0.3) is 0 Å². The van der Waals surface area contributed by atoms with E-state index in [4.69, 9.17) is 9.47 Å². The van der Waals surface area contributed by atoms with Crippen LogP contribution in [-0.4, -0.2) is 88.7 Å². The molecule has 0 aromatic heterocycles. The summed E-state index contributed by atoms with van der Waals surface area (Å²) in [7, 11) is -2.08. The Hall–Kier alpha value is -3.02. The van der Waals surface area contributed by atoms with Crippen LogP contribution in [0.5, 0.6) is 5.75 Å². The number of ether oxygens (including phenoxy) is 2. The Morgan fingerprint density at radius 1 is 1.11 bits per heavy atom. The number of hydrogen-bond acceptors (Lipinski definition) is 7. The van der Waals surface area contributed by atoms with Crippen LogP contribution < -0.4 is 15.4 Å². The van der Waals surface area contributed by atoms with Crippen LogP contribution in [0.1, 0.15) is 28.3 Å². The molecule has 0 radical (unpaired) electrons. The summed E-state index contributed by atoms with van der Waals surface area (Å²) in [5.74, 6) is -1.20. The van der Waals surface area contributed by atoms with Crippen LogP contribution >= 0.6 is 0 Å². The SMILES string of the molecule is COc1ccc([C@@H]2C[C@H]2NCCS(=O)(=O)C[C@H](NC(=O)c2ccc(F)cc2)C(=O)N2CCOCC2)cc1. The number of halogens is 1. The lowest BCUT2D eigenvalue weighted by Crippen LogP contribution is -2.54. The number of nitrogens with zero attached hydrogens (tertiary/aromatic N) is 1. The molecule has 1 aliphatic heterocycles. The van der Waals surface area contributed by atoms with E-state index in [2.05, 4.69) is 10.6 Å². The number of hydrogen-bond donors (Lipinski definition) is 2. The van der Waals surface area contributed by atoms with Crippen molar-refractivity contribution in [2.45, 2.75) is 24.4 Å². The van der Waals surface area contributed by atoms with Crippen molar-refractivity contribution in [2.75, 3.05) is 51.5 Å². The Morgan fingerprint density at radius 2 is 1.78 bits per heavy atom. The van der Waals surface area contributed by atoms with Gasteiger partial charge in [-0.05, 0) is 48.4 Å². The third kappa shape index (κ3) is 7.50. The Labute approximate surface area is 216 Å². The number of benzene rings is 2. The first-order chi connectivity index (χ1) is 17.8. The van der Waals surface area contributed by atoms with Crippen molar-refractivity contribution in [2.24, 2.45) is 0 Å². The highest BCUT2D eigenvalue weighted by molar-refractivity contribution is 7.91. The number of morpholine rings is 1. The minimum atomic E-state index is -3.69. The van der Waals surface area contributed by atoms with Gasteiger partial charge in [0.15, 0.2) is 9.84 Å². The third-order valence-corrected chi connectivity index (χ3v) is 8.27. The van der Waals surface area contributed by atoms with Gasteiger partial charge in [0.2, 0.25) is 5.91 Å². The highest BCUT2D eigenvalue weighted by Gasteiger charge is 2.38. The van der Waals surface area contributed by atoms with Gasteiger partial charge in [0.05, 0.1) is 31.8 Å². The van der Waals surface area contributed by atoms with Gasteiger partial charge in [0, 0.05) is 37.2 Å². The van der Waals surface area contributed by atoms with Gasteiger partial charge in [-0.25, -0.2) is 12.8 Å². The van der Waals surface area contributed by atoms with E-state index >= 15 is 0 Å². The Bertz CT molecular complexity index is 1180. The maximum Gasteiger partial charge on any atom is 0.251 e. The maximum absolute atomic E-state index is 13.2. The Kier molecular flexibility index (Phi) is 8.78. The fraction of sp³-hybridized carbons (Fsp3) is 0.462. The number of rotatable bonds is 11. The molecule has 1 heterocycles. The molecule has 0 unspecified atom stereocenters. The fourth-order valence-corrected chi connectivity index (χ4v) is 5.73. The first-order valence-corrected chi connectivity index (χ1v) is 14.1. The Balaban J connectivity index is 1.34. The fourth-order valence-electron chi connectivity index (χ4n) is 4.40. The molecule has 200 valence electrons. The van der Waals surface area contributed by atoms with Crippen LogP contribution in [0.2, 0.25) is 0 Å². The standard InChI is InChI=1S/C26H32FN3O6S/c1-35-21-8-4-18(5-9-21)22-16-23(22)28-10-15-37(33,34)17-24(26(32)30-11-13-36-14-12-30)29-25(31)19-2-6-20(27)7-3-19/h2-9,22-24,28H,10-17H2,1H3,(H,29,31)/t22-,23+,24-/m0/s1. The summed E-state index contributed by atoms with van der Waals surface area (Å²) in [5.41, 5.74) is 1.30. The Morgan fingerprint density at radius 3 is 2.43 bits per heavy atom. The van der Waals surface area contributed by atoms with Crippen LogP contribution in [0.4, 0.5) is 4.39 Å². The molecule has 0 spiro atoms. The van der Waals surface area contributed by atoms with Crippen molar-refractivity contribution in [3.8, 4) is 5.75 Å². The molecule has 2 N–H and O–H groups in total. The molecular formula is C26H32FN3O6S. The zero-order valence-electron chi connectivity index (χ0n) is 20.7. The van der Waals surface area contributed by atoms with Crippen molar-refractivity contribution in [1.29, 1.82) is 0 Å². The molecule has 9 nitrogen and oxygen atoms in total. The molecule has 1 aliphatic carbocycles. The molecule has 37 heavy (non-hydrogen) atoms. The summed E-state index contributed by atoms with van der Waals surface area (Å²) < 4.78 is 49.6. The highest BCUT2D eigenvalue weighted by Crippen LogP contribution is 2.41. The number of amides is 2. The maximum atomic E-state index is 13.2. The van der Waals surface area contributed by atoms with Crippen molar-refractivity contribution in [3.05, 3.63) is 65.5 Å². The van der Waals surface area contributed by atoms with Gasteiger partial charge in [0.1, 0.15) is 17.6 Å². The smallest absolute Gasteiger partial charge is 0.251 e. The molecular weight excluding hydrogens is 501 g/mol. The average Bonchev–Trinajstić information content (AvgIpc) is 3.68. The third-order valence-electron chi connectivity index (χ3n) is 6.61. The van der Waals surface area contributed by atoms with Crippen LogP contribution in [0, 0.1) is 5.82 Å². The zero-order chi connectivity index (χ0) is 26.4. The van der Waals surface area contributed by atoms with E-state index in [1.807, 2.05) is 24.3 Å². The van der Waals surface area contributed by atoms with E-state index in [-0.39, 0.29) is 23.9 Å². The van der Waals surface area contributed by atoms with E-state index in [0.717, 1.165) is 24.3 Å². The minimum absolute atomic E-state index is 0.138. The van der Waals surface area contributed by atoms with E-state index in [1.165, 1.54) is 22.6 Å². The highest BCUT2D eigenvalue weighted by atomic mass is 32.2. The first-order valence-electron chi connectivity index (χ1n) is 12.3. The number of sulfone groups is 1. The normalized spacial score (nSPS) is 20.2. The van der Waals surface area contributed by atoms with Gasteiger partial charge < -0.3 is 25.0 Å². The molecule has 1 saturated heterocycles. The predicted molar refractivity (Wildman–Crippen MR) is 136 cm³/mol. The summed E-state index contributed by atoms with van der Waals surface area (Å²) in [5, 5.41) is 5.83. The van der Waals surface area contributed by atoms with Crippen molar-refractivity contribution < 1.29 is 31.9 Å². The van der Waals surface area contributed by atoms with E-state index < -0.39 is 39.3 Å². The lowest BCUT2D eigenvalue weighted by Gasteiger charge is -2.30. The van der Waals surface area contributed by atoms with Gasteiger partial charge in [0.25, 0.3) is 5.91 Å². The molecule has 2 aromatic rings. The minimum Gasteiger partial charge on any atom is -0.497 e. The van der Waals surface area contributed by atoms with Crippen LogP contribution in [-0.2, 0) is 19.4 Å². The summed E-state index contributed by atoms with van der Waals surface area (Å²) in [6.07, 6.45) is 0.915. The van der Waals surface area contributed by atoms with E-state index in [0.29, 0.717) is 32.2 Å². The quantitative estimate of drug-likeness (QED) is 0.448. The monoisotopic (exact) mass is 533 g/mol.